The van der Waals surface area contributed by atoms with Crippen LogP contribution >= 0.6 is 0 Å². The number of benzene rings is 1. The van der Waals surface area contributed by atoms with E-state index in [0.29, 0.717) is 11.6 Å². The lowest BCUT2D eigenvalue weighted by Crippen LogP contribution is -2.48. The van der Waals surface area contributed by atoms with Gasteiger partial charge in [-0.25, -0.2) is 4.79 Å². The van der Waals surface area contributed by atoms with E-state index in [1.807, 2.05) is 19.1 Å². The lowest BCUT2D eigenvalue weighted by molar-refractivity contribution is -0.124. The monoisotopic (exact) mass is 302 g/mol. The van der Waals surface area contributed by atoms with Gasteiger partial charge in [-0.3, -0.25) is 4.79 Å². The highest BCUT2D eigenvalue weighted by Crippen LogP contribution is 2.39. The van der Waals surface area contributed by atoms with E-state index in [1.165, 1.54) is 13.5 Å². The van der Waals surface area contributed by atoms with Crippen LogP contribution in [0.1, 0.15) is 48.1 Å². The van der Waals surface area contributed by atoms with Crippen LogP contribution in [0.15, 0.2) is 24.3 Å². The van der Waals surface area contributed by atoms with Gasteiger partial charge in [0.15, 0.2) is 0 Å². The molecule has 1 saturated carbocycles. The fraction of sp³-hybridized carbons (Fsp3) is 0.529. The molecule has 1 amide bonds. The Labute approximate surface area is 130 Å². The smallest absolute Gasteiger partial charge is 0.337 e. The maximum atomic E-state index is 12.3. The van der Waals surface area contributed by atoms with E-state index < -0.39 is 0 Å². The summed E-state index contributed by atoms with van der Waals surface area (Å²) >= 11 is 0. The first-order valence-electron chi connectivity index (χ1n) is 7.83. The van der Waals surface area contributed by atoms with Crippen molar-refractivity contribution >= 4 is 11.9 Å². The van der Waals surface area contributed by atoms with Crippen LogP contribution in [0.4, 0.5) is 0 Å². The van der Waals surface area contributed by atoms with E-state index in [0.717, 1.165) is 24.3 Å². The normalized spacial score (nSPS) is 27.5. The van der Waals surface area contributed by atoms with Crippen LogP contribution in [0.3, 0.4) is 0 Å². The minimum absolute atomic E-state index is 0.0647. The van der Waals surface area contributed by atoms with Crippen LogP contribution in [-0.2, 0) is 9.53 Å². The number of piperidine rings is 1. The highest BCUT2D eigenvalue weighted by molar-refractivity contribution is 5.89. The second-order valence-corrected chi connectivity index (χ2v) is 6.24. The second kappa shape index (κ2) is 6.08. The van der Waals surface area contributed by atoms with Gasteiger partial charge in [-0.05, 0) is 49.8 Å². The van der Waals surface area contributed by atoms with Crippen molar-refractivity contribution < 1.29 is 14.3 Å². The maximum absolute atomic E-state index is 12.3. The van der Waals surface area contributed by atoms with Gasteiger partial charge >= 0.3 is 5.97 Å². The zero-order valence-electron chi connectivity index (χ0n) is 13.0. The molecule has 2 N–H and O–H groups in total. The van der Waals surface area contributed by atoms with Crippen LogP contribution in [-0.4, -0.2) is 31.1 Å². The summed E-state index contributed by atoms with van der Waals surface area (Å²) in [6, 6.07) is 7.54. The number of ether oxygens (including phenoxy) is 1. The molecule has 1 saturated heterocycles. The Bertz CT molecular complexity index is 570. The molecule has 2 aliphatic rings. The predicted octanol–water partition coefficient (Wildman–Crippen LogP) is 1.79. The molecule has 4 atom stereocenters. The van der Waals surface area contributed by atoms with Gasteiger partial charge in [-0.1, -0.05) is 12.1 Å². The molecule has 0 spiro atoms. The van der Waals surface area contributed by atoms with Crippen molar-refractivity contribution in [3.63, 3.8) is 0 Å². The number of rotatable bonds is 4. The average Bonchev–Trinajstić information content (AvgIpc) is 3.32. The molecule has 0 bridgehead atoms. The summed E-state index contributed by atoms with van der Waals surface area (Å²) in [6.45, 7) is 1.95. The summed E-state index contributed by atoms with van der Waals surface area (Å²) < 4.78 is 4.68. The maximum Gasteiger partial charge on any atom is 0.337 e. The first-order chi connectivity index (χ1) is 10.6. The summed E-state index contributed by atoms with van der Waals surface area (Å²) in [6.07, 6.45) is 3.29. The number of carbonyl (C=O) groups excluding carboxylic acids is 2. The molecule has 1 aromatic carbocycles. The van der Waals surface area contributed by atoms with E-state index >= 15 is 0 Å². The summed E-state index contributed by atoms with van der Waals surface area (Å²) in [7, 11) is 1.36. The Morgan fingerprint density at radius 2 is 2.00 bits per heavy atom. The van der Waals surface area contributed by atoms with E-state index in [2.05, 4.69) is 15.4 Å². The molecule has 1 aromatic rings. The van der Waals surface area contributed by atoms with E-state index in [-0.39, 0.29) is 24.0 Å². The quantitative estimate of drug-likeness (QED) is 0.832. The minimum atomic E-state index is -0.353. The third-order valence-corrected chi connectivity index (χ3v) is 4.67. The van der Waals surface area contributed by atoms with Crippen molar-refractivity contribution in [1.29, 1.82) is 0 Å². The standard InChI is InChI=1S/C17H22N2O3/c1-10(11-3-5-12(6-4-11)17(21)22-2)18-16(20)14-8-7-13-9-15(13)19-14/h3-6,10,13-15,19H,7-9H2,1-2H3,(H,18,20). The Morgan fingerprint density at radius 1 is 1.27 bits per heavy atom. The molecule has 22 heavy (non-hydrogen) atoms. The predicted molar refractivity (Wildman–Crippen MR) is 82.4 cm³/mol. The highest BCUT2D eigenvalue weighted by atomic mass is 16.5. The number of methoxy groups -OCH3 is 1. The summed E-state index contributed by atoms with van der Waals surface area (Å²) in [5.74, 6) is 0.510. The van der Waals surface area contributed by atoms with Gasteiger partial charge in [-0.15, -0.1) is 0 Å². The molecular formula is C17H22N2O3. The molecular weight excluding hydrogens is 280 g/mol. The summed E-state index contributed by atoms with van der Waals surface area (Å²) in [5, 5.41) is 6.46. The first kappa shape index (κ1) is 15.0. The van der Waals surface area contributed by atoms with E-state index in [1.54, 1.807) is 12.1 Å². The Morgan fingerprint density at radius 3 is 2.64 bits per heavy atom. The SMILES string of the molecule is COC(=O)c1ccc(C(C)NC(=O)C2CCC3CC3N2)cc1. The van der Waals surface area contributed by atoms with Gasteiger partial charge in [0.2, 0.25) is 5.91 Å². The van der Waals surface area contributed by atoms with Crippen LogP contribution in [0.2, 0.25) is 0 Å². The third-order valence-electron chi connectivity index (χ3n) is 4.67. The summed E-state index contributed by atoms with van der Waals surface area (Å²) in [4.78, 5) is 23.7. The van der Waals surface area contributed by atoms with Crippen molar-refractivity contribution in [2.45, 2.75) is 44.3 Å². The number of carbonyl (C=O) groups is 2. The zero-order valence-corrected chi connectivity index (χ0v) is 13.0. The Hall–Kier alpha value is -1.88. The minimum Gasteiger partial charge on any atom is -0.465 e. The van der Waals surface area contributed by atoms with Gasteiger partial charge in [0, 0.05) is 6.04 Å². The van der Waals surface area contributed by atoms with Crippen LogP contribution < -0.4 is 10.6 Å². The van der Waals surface area contributed by atoms with E-state index in [4.69, 9.17) is 0 Å². The Kier molecular flexibility index (Phi) is 4.16. The number of hydrogen-bond donors (Lipinski definition) is 2. The lowest BCUT2D eigenvalue weighted by Gasteiger charge is -2.24. The fourth-order valence-electron chi connectivity index (χ4n) is 3.12. The van der Waals surface area contributed by atoms with E-state index in [9.17, 15) is 9.59 Å². The number of nitrogens with one attached hydrogen (secondary N) is 2. The Balaban J connectivity index is 1.57. The van der Waals surface area contributed by atoms with Gasteiger partial charge in [0.1, 0.15) is 0 Å². The molecule has 5 nitrogen and oxygen atoms in total. The topological polar surface area (TPSA) is 67.4 Å². The van der Waals surface area contributed by atoms with Gasteiger partial charge in [0.05, 0.1) is 24.8 Å². The third kappa shape index (κ3) is 3.14. The zero-order chi connectivity index (χ0) is 15.7. The van der Waals surface area contributed by atoms with Crippen molar-refractivity contribution in [3.8, 4) is 0 Å². The lowest BCUT2D eigenvalue weighted by atomic mass is 10.0. The number of amides is 1. The molecule has 2 fully saturated rings. The van der Waals surface area contributed by atoms with Crippen molar-refractivity contribution in [2.75, 3.05) is 7.11 Å². The molecule has 1 aliphatic carbocycles. The number of esters is 1. The first-order valence-corrected chi connectivity index (χ1v) is 7.83. The van der Waals surface area contributed by atoms with Crippen LogP contribution in [0, 0.1) is 5.92 Å². The average molecular weight is 302 g/mol. The molecule has 4 unspecified atom stereocenters. The molecule has 5 heteroatoms. The van der Waals surface area contributed by atoms with Gasteiger partial charge in [-0.2, -0.15) is 0 Å². The molecule has 3 rings (SSSR count). The molecule has 0 aromatic heterocycles. The number of fused-ring (bicyclic) bond motifs is 1. The molecule has 118 valence electrons. The van der Waals surface area contributed by atoms with Gasteiger partial charge < -0.3 is 15.4 Å². The van der Waals surface area contributed by atoms with Gasteiger partial charge in [0.25, 0.3) is 0 Å². The van der Waals surface area contributed by atoms with Crippen molar-refractivity contribution in [1.82, 2.24) is 10.6 Å². The van der Waals surface area contributed by atoms with Crippen molar-refractivity contribution in [2.24, 2.45) is 5.92 Å². The second-order valence-electron chi connectivity index (χ2n) is 6.24. The molecule has 1 heterocycles. The van der Waals surface area contributed by atoms with Crippen molar-refractivity contribution in [3.05, 3.63) is 35.4 Å². The molecule has 1 aliphatic heterocycles. The fourth-order valence-corrected chi connectivity index (χ4v) is 3.12. The number of hydrogen-bond acceptors (Lipinski definition) is 4. The van der Waals surface area contributed by atoms with Crippen LogP contribution in [0.25, 0.3) is 0 Å². The largest absolute Gasteiger partial charge is 0.465 e. The highest BCUT2D eigenvalue weighted by Gasteiger charge is 2.43. The summed E-state index contributed by atoms with van der Waals surface area (Å²) in [5.41, 5.74) is 1.49. The molecule has 0 radical (unpaired) electrons. The van der Waals surface area contributed by atoms with Crippen LogP contribution in [0.5, 0.6) is 0 Å².